The first-order valence-corrected chi connectivity index (χ1v) is 10.5. The van der Waals surface area contributed by atoms with Crippen LogP contribution in [0.1, 0.15) is 26.3 Å². The van der Waals surface area contributed by atoms with Gasteiger partial charge in [0.25, 0.3) is 5.69 Å². The molecule has 0 aliphatic heterocycles. The Hall–Kier alpha value is -2.74. The number of aliphatic carboxylic acids is 1. The molecule has 2 atom stereocenters. The molecular formula is C19H24N3O6P. The number of hydrogen-bond donors (Lipinski definition) is 3. The molecule has 9 nitrogen and oxygen atoms in total. The number of nitrogens with zero attached hydrogens (tertiary/aromatic N) is 1. The van der Waals surface area contributed by atoms with Crippen LogP contribution in [-0.4, -0.2) is 21.5 Å². The van der Waals surface area contributed by atoms with E-state index in [0.717, 1.165) is 5.56 Å². The molecule has 29 heavy (non-hydrogen) atoms. The number of non-ortho nitro benzene ring substituents is 1. The Balaban J connectivity index is 2.31. The third-order valence-corrected chi connectivity index (χ3v) is 6.40. The van der Waals surface area contributed by atoms with Gasteiger partial charge in [0, 0.05) is 18.7 Å². The maximum Gasteiger partial charge on any atom is 0.391 e. The van der Waals surface area contributed by atoms with E-state index in [1.165, 1.54) is 31.2 Å². The van der Waals surface area contributed by atoms with E-state index in [2.05, 4.69) is 10.2 Å². The van der Waals surface area contributed by atoms with Crippen molar-refractivity contribution in [1.29, 1.82) is 0 Å². The van der Waals surface area contributed by atoms with Gasteiger partial charge in [-0.15, -0.1) is 0 Å². The Bertz CT molecular complexity index is 904. The summed E-state index contributed by atoms with van der Waals surface area (Å²) in [5.41, 5.74) is -0.863. The zero-order chi connectivity index (χ0) is 21.7. The van der Waals surface area contributed by atoms with Gasteiger partial charge in [0.1, 0.15) is 11.3 Å². The van der Waals surface area contributed by atoms with Crippen LogP contribution in [0.15, 0.2) is 54.6 Å². The van der Waals surface area contributed by atoms with E-state index in [4.69, 9.17) is 4.52 Å². The van der Waals surface area contributed by atoms with Gasteiger partial charge in [-0.1, -0.05) is 44.2 Å². The maximum atomic E-state index is 13.6. The monoisotopic (exact) mass is 421 g/mol. The Morgan fingerprint density at radius 3 is 2.28 bits per heavy atom. The van der Waals surface area contributed by atoms with Crippen molar-refractivity contribution in [3.8, 4) is 5.75 Å². The van der Waals surface area contributed by atoms with Gasteiger partial charge in [-0.05, 0) is 30.5 Å². The van der Waals surface area contributed by atoms with Gasteiger partial charge >= 0.3 is 13.6 Å². The molecule has 0 saturated carbocycles. The van der Waals surface area contributed by atoms with E-state index in [0.29, 0.717) is 0 Å². The van der Waals surface area contributed by atoms with E-state index in [1.807, 2.05) is 30.3 Å². The number of nitrogens with one attached hydrogen (secondary N) is 2. The van der Waals surface area contributed by atoms with E-state index < -0.39 is 30.0 Å². The quantitative estimate of drug-likeness (QED) is 0.298. The first kappa shape index (κ1) is 22.5. The normalized spacial score (nSPS) is 15.3. The van der Waals surface area contributed by atoms with Gasteiger partial charge in [0.2, 0.25) is 0 Å². The minimum absolute atomic E-state index is 0.100. The number of rotatable bonds is 10. The molecule has 2 rings (SSSR count). The minimum Gasteiger partial charge on any atom is -0.480 e. The fourth-order valence-corrected chi connectivity index (χ4v) is 4.36. The van der Waals surface area contributed by atoms with Crippen molar-refractivity contribution in [2.75, 3.05) is 0 Å². The Morgan fingerprint density at radius 1 is 1.21 bits per heavy atom. The first-order valence-electron chi connectivity index (χ1n) is 8.92. The predicted octanol–water partition coefficient (Wildman–Crippen LogP) is 3.96. The molecule has 2 aromatic carbocycles. The lowest BCUT2D eigenvalue weighted by atomic mass is 9.90. The van der Waals surface area contributed by atoms with Crippen LogP contribution >= 0.6 is 7.67 Å². The fraction of sp³-hybridized carbons (Fsp3) is 0.316. The van der Waals surface area contributed by atoms with E-state index >= 15 is 0 Å². The molecule has 0 saturated heterocycles. The summed E-state index contributed by atoms with van der Waals surface area (Å²) in [6.07, 6.45) is 0. The number of hydrogen-bond acceptors (Lipinski definition) is 5. The van der Waals surface area contributed by atoms with Crippen molar-refractivity contribution in [2.45, 2.75) is 32.9 Å². The number of nitro groups is 1. The van der Waals surface area contributed by atoms with Crippen molar-refractivity contribution >= 4 is 19.3 Å². The van der Waals surface area contributed by atoms with Gasteiger partial charge in [-0.25, -0.2) is 14.7 Å². The Kier molecular flexibility index (Phi) is 7.13. The highest BCUT2D eigenvalue weighted by Gasteiger charge is 2.43. The van der Waals surface area contributed by atoms with Gasteiger partial charge in [0.05, 0.1) is 4.92 Å². The zero-order valence-corrected chi connectivity index (χ0v) is 17.3. The van der Waals surface area contributed by atoms with Crippen molar-refractivity contribution < 1.29 is 23.9 Å². The molecule has 156 valence electrons. The molecule has 0 aliphatic carbocycles. The molecule has 0 bridgehead atoms. The molecule has 10 heteroatoms. The molecule has 0 radical (unpaired) electrons. The number of carboxylic acids is 1. The lowest BCUT2D eigenvalue weighted by molar-refractivity contribution is -0.384. The predicted molar refractivity (Wildman–Crippen MR) is 109 cm³/mol. The molecule has 2 aromatic rings. The molecule has 0 spiro atoms. The number of carbonyl (C=O) groups is 1. The second-order valence-corrected chi connectivity index (χ2v) is 8.81. The third-order valence-electron chi connectivity index (χ3n) is 4.59. The van der Waals surface area contributed by atoms with Crippen LogP contribution in [0.2, 0.25) is 0 Å². The Labute approximate surface area is 168 Å². The summed E-state index contributed by atoms with van der Waals surface area (Å²) < 4.78 is 19.2. The lowest BCUT2D eigenvalue weighted by Crippen LogP contribution is -2.54. The SMILES string of the molecule is CC(C)C(C)(NP(=O)(NCc1ccccc1)Oc1ccc([N+](=O)[O-])cc1)C(=O)O. The van der Waals surface area contributed by atoms with Gasteiger partial charge in [-0.3, -0.25) is 14.9 Å². The Morgan fingerprint density at radius 2 is 1.79 bits per heavy atom. The molecule has 0 aromatic heterocycles. The number of benzene rings is 2. The van der Waals surface area contributed by atoms with Crippen molar-refractivity contribution in [3.05, 3.63) is 70.3 Å². The summed E-state index contributed by atoms with van der Waals surface area (Å²) >= 11 is 0. The summed E-state index contributed by atoms with van der Waals surface area (Å²) in [7, 11) is -3.93. The van der Waals surface area contributed by atoms with Crippen LogP contribution in [0.4, 0.5) is 5.69 Å². The average Bonchev–Trinajstić information content (AvgIpc) is 2.67. The second kappa shape index (κ2) is 9.17. The number of carboxylic acid groups (broad SMARTS) is 1. The van der Waals surface area contributed by atoms with Gasteiger partial charge in [0.15, 0.2) is 0 Å². The van der Waals surface area contributed by atoms with Crippen LogP contribution in [0.25, 0.3) is 0 Å². The lowest BCUT2D eigenvalue weighted by Gasteiger charge is -2.34. The zero-order valence-electron chi connectivity index (χ0n) is 16.4. The summed E-state index contributed by atoms with van der Waals surface area (Å²) in [5, 5.41) is 25.9. The van der Waals surface area contributed by atoms with Crippen LogP contribution in [0.3, 0.4) is 0 Å². The molecule has 0 heterocycles. The smallest absolute Gasteiger partial charge is 0.391 e. The molecule has 2 unspecified atom stereocenters. The van der Waals surface area contributed by atoms with Crippen molar-refractivity contribution in [2.24, 2.45) is 5.92 Å². The van der Waals surface area contributed by atoms with Crippen molar-refractivity contribution in [1.82, 2.24) is 10.2 Å². The molecule has 0 fully saturated rings. The van der Waals surface area contributed by atoms with Crippen LogP contribution in [-0.2, 0) is 15.9 Å². The van der Waals surface area contributed by atoms with Gasteiger partial charge in [-0.2, -0.15) is 0 Å². The molecule has 3 N–H and O–H groups in total. The first-order chi connectivity index (χ1) is 13.6. The summed E-state index contributed by atoms with van der Waals surface area (Å²) in [6, 6.07) is 14.2. The topological polar surface area (TPSA) is 131 Å². The minimum atomic E-state index is -3.93. The molecule has 0 amide bonds. The van der Waals surface area contributed by atoms with Crippen LogP contribution < -0.4 is 14.7 Å². The number of nitro benzene ring substituents is 1. The van der Waals surface area contributed by atoms with Crippen LogP contribution in [0, 0.1) is 16.0 Å². The molecule has 0 aliphatic rings. The summed E-state index contributed by atoms with van der Waals surface area (Å²) in [6.45, 7) is 4.96. The second-order valence-electron chi connectivity index (χ2n) is 6.99. The largest absolute Gasteiger partial charge is 0.480 e. The van der Waals surface area contributed by atoms with E-state index in [1.54, 1.807) is 13.8 Å². The maximum absolute atomic E-state index is 13.6. The third kappa shape index (κ3) is 5.87. The highest BCUT2D eigenvalue weighted by molar-refractivity contribution is 7.55. The van der Waals surface area contributed by atoms with E-state index in [-0.39, 0.29) is 18.0 Å². The highest BCUT2D eigenvalue weighted by Crippen LogP contribution is 2.43. The molecular weight excluding hydrogens is 397 g/mol. The summed E-state index contributed by atoms with van der Waals surface area (Å²) in [5.74, 6) is -1.49. The van der Waals surface area contributed by atoms with Crippen LogP contribution in [0.5, 0.6) is 5.75 Å². The van der Waals surface area contributed by atoms with Crippen molar-refractivity contribution in [3.63, 3.8) is 0 Å². The standard InChI is InChI=1S/C19H24N3O6P/c1-14(2)19(3,18(23)24)21-29(27,20-13-15-7-5-4-6-8-15)28-17-11-9-16(10-12-17)22(25)26/h4-12,14H,13H2,1-3H3,(H,23,24)(H2,20,21,27). The summed E-state index contributed by atoms with van der Waals surface area (Å²) in [4.78, 5) is 22.1. The van der Waals surface area contributed by atoms with Gasteiger partial charge < -0.3 is 9.63 Å². The highest BCUT2D eigenvalue weighted by atomic mass is 31.2. The average molecular weight is 421 g/mol. The fourth-order valence-electron chi connectivity index (χ4n) is 2.39. The van der Waals surface area contributed by atoms with E-state index in [9.17, 15) is 24.6 Å².